The summed E-state index contributed by atoms with van der Waals surface area (Å²) >= 11 is 0. The Hall–Kier alpha value is -4.15. The fraction of sp³-hybridized carbons (Fsp3) is 0.622. The Morgan fingerprint density at radius 1 is 1.04 bits per heavy atom. The zero-order valence-corrected chi connectivity index (χ0v) is 33.5. The van der Waals surface area contributed by atoms with Crippen molar-refractivity contribution in [3.63, 3.8) is 0 Å². The summed E-state index contributed by atoms with van der Waals surface area (Å²) in [6.45, 7) is 10.3. The highest BCUT2D eigenvalue weighted by Gasteiger charge is 2.61. The molecule has 7 atom stereocenters. The molecule has 18 heteroatoms. The van der Waals surface area contributed by atoms with Crippen LogP contribution in [-0.4, -0.2) is 122 Å². The SMILES string of the molecule is CC(C)C(=O)O[C@H]1[C@H](C2CC=C3C(/N=C/N(C)C)=NC=NN32)O[C@](C)(CO[P@@](=O)(N[C@@H](C)C(=O)OC2CCOCC2)Oc2ccccc2)[C@H]1OC(=O)C(C)C. The van der Waals surface area contributed by atoms with E-state index in [2.05, 4.69) is 20.2 Å². The van der Waals surface area contributed by atoms with E-state index in [0.29, 0.717) is 44.0 Å². The summed E-state index contributed by atoms with van der Waals surface area (Å²) in [5, 5.41) is 8.93. The molecule has 2 saturated heterocycles. The molecule has 5 rings (SSSR count). The van der Waals surface area contributed by atoms with E-state index in [1.165, 1.54) is 13.3 Å². The van der Waals surface area contributed by atoms with Gasteiger partial charge in [0.05, 0.1) is 44.0 Å². The third-order valence-corrected chi connectivity index (χ3v) is 10.8. The topological polar surface area (TPSA) is 188 Å². The number of nitrogens with one attached hydrogen (secondary N) is 1. The summed E-state index contributed by atoms with van der Waals surface area (Å²) in [5.41, 5.74) is -0.960. The van der Waals surface area contributed by atoms with Gasteiger partial charge in [0.25, 0.3) is 0 Å². The number of hydrogen-bond donors (Lipinski definition) is 1. The zero-order chi connectivity index (χ0) is 39.9. The van der Waals surface area contributed by atoms with Crippen LogP contribution in [0.5, 0.6) is 5.75 Å². The van der Waals surface area contributed by atoms with Crippen LogP contribution in [-0.2, 0) is 47.2 Å². The molecule has 55 heavy (non-hydrogen) atoms. The lowest BCUT2D eigenvalue weighted by Gasteiger charge is -2.33. The third kappa shape index (κ3) is 10.6. The smallest absolute Gasteiger partial charge is 0.459 e. The number of carbonyl (C=O) groups excluding carboxylic acids is 3. The highest BCUT2D eigenvalue weighted by Crippen LogP contribution is 2.49. The summed E-state index contributed by atoms with van der Waals surface area (Å²) in [4.78, 5) is 50.4. The molecule has 0 radical (unpaired) electrons. The van der Waals surface area contributed by atoms with Crippen LogP contribution in [0.15, 0.2) is 57.2 Å². The van der Waals surface area contributed by atoms with Crippen LogP contribution in [0, 0.1) is 11.8 Å². The third-order valence-electron chi connectivity index (χ3n) is 9.20. The first-order chi connectivity index (χ1) is 26.1. The molecule has 1 aromatic rings. The normalized spacial score (nSPS) is 27.0. The Balaban J connectivity index is 1.45. The number of hydrogen-bond acceptors (Lipinski definition) is 15. The lowest BCUT2D eigenvalue weighted by atomic mass is 9.94. The van der Waals surface area contributed by atoms with Crippen LogP contribution < -0.4 is 9.61 Å². The lowest BCUT2D eigenvalue weighted by Crippen LogP contribution is -2.50. The molecule has 0 aromatic heterocycles. The Morgan fingerprint density at radius 3 is 2.36 bits per heavy atom. The van der Waals surface area contributed by atoms with E-state index < -0.39 is 80.1 Å². The number of esters is 3. The Morgan fingerprint density at radius 2 is 1.71 bits per heavy atom. The maximum Gasteiger partial charge on any atom is 0.459 e. The molecule has 17 nitrogen and oxygen atoms in total. The van der Waals surface area contributed by atoms with E-state index in [1.54, 1.807) is 81.2 Å². The van der Waals surface area contributed by atoms with Crippen molar-refractivity contribution in [1.82, 2.24) is 15.0 Å². The van der Waals surface area contributed by atoms with Gasteiger partial charge in [-0.15, -0.1) is 0 Å². The van der Waals surface area contributed by atoms with Crippen molar-refractivity contribution in [3.05, 3.63) is 42.1 Å². The average Bonchev–Trinajstić information content (AvgIpc) is 3.69. The van der Waals surface area contributed by atoms with Crippen LogP contribution >= 0.6 is 7.75 Å². The molecule has 302 valence electrons. The van der Waals surface area contributed by atoms with Crippen LogP contribution in [0.3, 0.4) is 0 Å². The number of ether oxygens (including phenoxy) is 5. The number of amidine groups is 1. The molecule has 4 heterocycles. The number of carbonyl (C=O) groups is 3. The first kappa shape index (κ1) is 42.0. The molecule has 0 bridgehead atoms. The number of nitrogens with zero attached hydrogens (tertiary/aromatic N) is 5. The standard InChI is InChI=1S/C37H53N6O11P/c1-23(2)34(44)51-31-30(28-14-15-29-33(39-22-42(7)8)38-21-40-43(28)29)53-37(6,32(31)52-35(45)24(3)4)20-49-55(47,54-27-12-10-9-11-13-27)41-25(5)36(46)50-26-16-18-48-19-17-26/h9-13,15,21-26,28,30-32H,14,16-20H2,1-8H3,(H,41,47)/b39-22+/t25-,28?,30-,31-,32-,37+,55-/m0/s1. The predicted molar refractivity (Wildman–Crippen MR) is 202 cm³/mol. The minimum atomic E-state index is -4.42. The van der Waals surface area contributed by atoms with E-state index >= 15 is 0 Å². The van der Waals surface area contributed by atoms with Crippen LogP contribution in [0.25, 0.3) is 0 Å². The van der Waals surface area contributed by atoms with E-state index in [1.807, 2.05) is 20.2 Å². The number of benzene rings is 1. The van der Waals surface area contributed by atoms with Gasteiger partial charge in [0.1, 0.15) is 41.6 Å². The molecule has 1 N–H and O–H groups in total. The second kappa shape index (κ2) is 18.2. The van der Waals surface area contributed by atoms with E-state index in [9.17, 15) is 18.9 Å². The highest BCUT2D eigenvalue weighted by molar-refractivity contribution is 7.52. The summed E-state index contributed by atoms with van der Waals surface area (Å²) in [6, 6.07) is 6.64. The summed E-state index contributed by atoms with van der Waals surface area (Å²) in [7, 11) is -0.742. The molecule has 0 aliphatic carbocycles. The molecule has 4 aliphatic rings. The molecular weight excluding hydrogens is 735 g/mol. The molecule has 1 aromatic carbocycles. The quantitative estimate of drug-likeness (QED) is 0.0880. The van der Waals surface area contributed by atoms with Gasteiger partial charge >= 0.3 is 25.7 Å². The molecular formula is C37H53N6O11P. The van der Waals surface area contributed by atoms with Crippen LogP contribution in [0.2, 0.25) is 0 Å². The van der Waals surface area contributed by atoms with Crippen LogP contribution in [0.4, 0.5) is 0 Å². The number of hydrazone groups is 1. The molecule has 0 amide bonds. The molecule has 2 fully saturated rings. The first-order valence-electron chi connectivity index (χ1n) is 18.5. The van der Waals surface area contributed by atoms with Crippen molar-refractivity contribution in [2.24, 2.45) is 26.9 Å². The molecule has 0 spiro atoms. The summed E-state index contributed by atoms with van der Waals surface area (Å²) in [5.74, 6) is -2.23. The van der Waals surface area contributed by atoms with E-state index in [4.69, 9.17) is 32.7 Å². The maximum atomic E-state index is 14.6. The van der Waals surface area contributed by atoms with Gasteiger partial charge < -0.3 is 33.1 Å². The van der Waals surface area contributed by atoms with Crippen molar-refractivity contribution in [2.45, 2.75) is 103 Å². The predicted octanol–water partition coefficient (Wildman–Crippen LogP) is 4.09. The van der Waals surface area contributed by atoms with Gasteiger partial charge in [-0.05, 0) is 32.4 Å². The van der Waals surface area contributed by atoms with Gasteiger partial charge in [-0.25, -0.2) is 14.5 Å². The fourth-order valence-electron chi connectivity index (χ4n) is 6.19. The summed E-state index contributed by atoms with van der Waals surface area (Å²) < 4.78 is 56.7. The number of para-hydroxylation sites is 1. The van der Waals surface area contributed by atoms with E-state index in [0.717, 1.165) is 0 Å². The van der Waals surface area contributed by atoms with Gasteiger partial charge in [-0.1, -0.05) is 52.0 Å². The van der Waals surface area contributed by atoms with Crippen molar-refractivity contribution in [3.8, 4) is 5.75 Å². The molecule has 1 unspecified atom stereocenters. The van der Waals surface area contributed by atoms with Gasteiger partial charge in [-0.2, -0.15) is 10.2 Å². The Bertz CT molecular complexity index is 1700. The second-order valence-electron chi connectivity index (χ2n) is 14.9. The average molecular weight is 789 g/mol. The summed E-state index contributed by atoms with van der Waals surface area (Å²) in [6.07, 6.45) is 2.69. The van der Waals surface area contributed by atoms with Gasteiger partial charge in [0.15, 0.2) is 18.0 Å². The fourth-order valence-corrected chi connectivity index (χ4v) is 7.78. The number of fused-ring (bicyclic) bond motifs is 1. The number of aliphatic imine (C=N–C) groups is 2. The van der Waals surface area contributed by atoms with Crippen molar-refractivity contribution in [2.75, 3.05) is 33.9 Å². The lowest BCUT2D eigenvalue weighted by molar-refractivity contribution is -0.175. The molecule has 0 saturated carbocycles. The van der Waals surface area contributed by atoms with Gasteiger partial charge in [0, 0.05) is 26.9 Å². The second-order valence-corrected chi connectivity index (χ2v) is 16.6. The maximum absolute atomic E-state index is 14.6. The number of rotatable bonds is 15. The zero-order valence-electron chi connectivity index (χ0n) is 32.7. The van der Waals surface area contributed by atoms with Gasteiger partial charge in [-0.3, -0.25) is 23.9 Å². The van der Waals surface area contributed by atoms with Crippen molar-refractivity contribution >= 4 is 44.2 Å². The molecule has 4 aliphatic heterocycles. The van der Waals surface area contributed by atoms with Crippen molar-refractivity contribution in [1.29, 1.82) is 0 Å². The van der Waals surface area contributed by atoms with Gasteiger partial charge in [0.2, 0.25) is 0 Å². The largest absolute Gasteiger partial charge is 0.461 e. The van der Waals surface area contributed by atoms with Crippen molar-refractivity contribution < 1.29 is 51.7 Å². The minimum absolute atomic E-state index is 0.201. The Kier molecular flexibility index (Phi) is 13.9. The highest BCUT2D eigenvalue weighted by atomic mass is 31.2. The Labute approximate surface area is 322 Å². The monoisotopic (exact) mass is 788 g/mol. The first-order valence-corrected chi connectivity index (χ1v) is 20.1. The van der Waals surface area contributed by atoms with Crippen LogP contribution in [0.1, 0.15) is 60.8 Å². The van der Waals surface area contributed by atoms with E-state index in [-0.39, 0.29) is 11.9 Å². The minimum Gasteiger partial charge on any atom is -0.461 e.